The highest BCUT2D eigenvalue weighted by Gasteiger charge is 2.50. The van der Waals surface area contributed by atoms with E-state index in [0.717, 1.165) is 11.6 Å². The van der Waals surface area contributed by atoms with Gasteiger partial charge < -0.3 is 14.4 Å². The average Bonchev–Trinajstić information content (AvgIpc) is 3.06. The van der Waals surface area contributed by atoms with Gasteiger partial charge in [0.25, 0.3) is 0 Å². The number of halogens is 2. The Balaban J connectivity index is 1.50. The molecule has 6 nitrogen and oxygen atoms in total. The molecule has 2 aliphatic heterocycles. The summed E-state index contributed by atoms with van der Waals surface area (Å²) >= 11 is 0. The smallest absolute Gasteiger partial charge is 0.414 e. The molecule has 2 heterocycles. The van der Waals surface area contributed by atoms with Gasteiger partial charge in [0.15, 0.2) is 0 Å². The fraction of sp³-hybridized carbons (Fsp3) is 0.440. The third kappa shape index (κ3) is 4.79. The molecule has 33 heavy (non-hydrogen) atoms. The van der Waals surface area contributed by atoms with Crippen LogP contribution < -0.4 is 4.90 Å². The molecule has 0 saturated carbocycles. The minimum absolute atomic E-state index is 0.171. The molecule has 0 N–H and O–H groups in total. The largest absolute Gasteiger partial charge is 0.445 e. The first-order valence-corrected chi connectivity index (χ1v) is 11.0. The zero-order valence-electron chi connectivity index (χ0n) is 19.1. The topological polar surface area (TPSA) is 59.1 Å². The van der Waals surface area contributed by atoms with Crippen molar-refractivity contribution in [1.82, 2.24) is 4.90 Å². The molecule has 4 rings (SSSR count). The number of ether oxygens (including phenoxy) is 2. The SMILES string of the molecule is CC(C)(C)OC(=O)N1CC2(CCN(C(=O)OCc3ccccc3)CC2)c2c(F)cc(F)cc21. The van der Waals surface area contributed by atoms with E-state index in [9.17, 15) is 18.4 Å². The summed E-state index contributed by atoms with van der Waals surface area (Å²) < 4.78 is 40.0. The van der Waals surface area contributed by atoms with Crippen LogP contribution in [0.5, 0.6) is 0 Å². The lowest BCUT2D eigenvalue weighted by Crippen LogP contribution is -2.48. The van der Waals surface area contributed by atoms with Crippen molar-refractivity contribution < 1.29 is 27.8 Å². The van der Waals surface area contributed by atoms with Crippen molar-refractivity contribution in [2.24, 2.45) is 0 Å². The van der Waals surface area contributed by atoms with Crippen molar-refractivity contribution in [3.63, 3.8) is 0 Å². The Hall–Kier alpha value is -3.16. The van der Waals surface area contributed by atoms with Crippen molar-refractivity contribution in [1.29, 1.82) is 0 Å². The summed E-state index contributed by atoms with van der Waals surface area (Å²) in [4.78, 5) is 28.3. The normalized spacial score (nSPS) is 17.1. The van der Waals surface area contributed by atoms with Gasteiger partial charge in [-0.25, -0.2) is 18.4 Å². The zero-order chi connectivity index (χ0) is 23.8. The van der Waals surface area contributed by atoms with Crippen LogP contribution in [0.25, 0.3) is 0 Å². The van der Waals surface area contributed by atoms with E-state index in [-0.39, 0.29) is 18.8 Å². The molecule has 176 valence electrons. The number of fused-ring (bicyclic) bond motifs is 2. The average molecular weight is 459 g/mol. The lowest BCUT2D eigenvalue weighted by Gasteiger charge is -2.39. The molecule has 0 unspecified atom stereocenters. The number of anilines is 1. The first-order chi connectivity index (χ1) is 15.6. The molecule has 1 saturated heterocycles. The van der Waals surface area contributed by atoms with Crippen molar-refractivity contribution in [2.45, 2.75) is 51.2 Å². The van der Waals surface area contributed by atoms with Gasteiger partial charge in [-0.3, -0.25) is 4.90 Å². The molecule has 0 radical (unpaired) electrons. The first-order valence-electron chi connectivity index (χ1n) is 11.0. The van der Waals surface area contributed by atoms with Crippen LogP contribution in [-0.2, 0) is 21.5 Å². The number of carbonyl (C=O) groups excluding carboxylic acids is 2. The summed E-state index contributed by atoms with van der Waals surface area (Å²) in [6.07, 6.45) is -0.240. The van der Waals surface area contributed by atoms with E-state index in [0.29, 0.717) is 31.5 Å². The number of hydrogen-bond acceptors (Lipinski definition) is 4. The molecular formula is C25H28F2N2O4. The van der Waals surface area contributed by atoms with Crippen molar-refractivity contribution in [3.8, 4) is 0 Å². The highest BCUT2D eigenvalue weighted by atomic mass is 19.1. The summed E-state index contributed by atoms with van der Waals surface area (Å²) in [6, 6.07) is 11.4. The molecule has 8 heteroatoms. The summed E-state index contributed by atoms with van der Waals surface area (Å²) in [7, 11) is 0. The van der Waals surface area contributed by atoms with E-state index in [1.54, 1.807) is 25.7 Å². The third-order valence-electron chi connectivity index (χ3n) is 6.11. The van der Waals surface area contributed by atoms with E-state index in [4.69, 9.17) is 9.47 Å². The maximum atomic E-state index is 15.0. The van der Waals surface area contributed by atoms with E-state index >= 15 is 0 Å². The summed E-state index contributed by atoms with van der Waals surface area (Å²) in [5, 5.41) is 0. The monoisotopic (exact) mass is 458 g/mol. The fourth-order valence-electron chi connectivity index (χ4n) is 4.58. The Bertz CT molecular complexity index is 1040. The van der Waals surface area contributed by atoms with Crippen LogP contribution in [-0.4, -0.2) is 42.3 Å². The minimum Gasteiger partial charge on any atom is -0.445 e. The quantitative estimate of drug-likeness (QED) is 0.606. The van der Waals surface area contributed by atoms with Gasteiger partial charge >= 0.3 is 12.2 Å². The number of amides is 2. The zero-order valence-corrected chi connectivity index (χ0v) is 19.1. The van der Waals surface area contributed by atoms with Crippen molar-refractivity contribution in [3.05, 3.63) is 65.2 Å². The second-order valence-electron chi connectivity index (χ2n) is 9.66. The molecule has 0 bridgehead atoms. The van der Waals surface area contributed by atoms with Gasteiger partial charge in [-0.15, -0.1) is 0 Å². The van der Waals surface area contributed by atoms with Gasteiger partial charge in [0.05, 0.1) is 5.69 Å². The van der Waals surface area contributed by atoms with E-state index < -0.39 is 34.8 Å². The van der Waals surface area contributed by atoms with Crippen LogP contribution in [0.3, 0.4) is 0 Å². The van der Waals surface area contributed by atoms with Crippen molar-refractivity contribution >= 4 is 17.9 Å². The van der Waals surface area contributed by atoms with Crippen LogP contribution in [0.1, 0.15) is 44.7 Å². The number of nitrogens with zero attached hydrogens (tertiary/aromatic N) is 2. The second-order valence-corrected chi connectivity index (χ2v) is 9.66. The van der Waals surface area contributed by atoms with Gasteiger partial charge in [-0.1, -0.05) is 30.3 Å². The molecule has 2 aliphatic rings. The maximum Gasteiger partial charge on any atom is 0.414 e. The number of likely N-dealkylation sites (tertiary alicyclic amines) is 1. The van der Waals surface area contributed by atoms with Gasteiger partial charge in [-0.2, -0.15) is 0 Å². The fourth-order valence-corrected chi connectivity index (χ4v) is 4.58. The maximum absolute atomic E-state index is 15.0. The minimum atomic E-state index is -0.751. The predicted molar refractivity (Wildman–Crippen MR) is 119 cm³/mol. The molecular weight excluding hydrogens is 430 g/mol. The van der Waals surface area contributed by atoms with Gasteiger partial charge in [0.2, 0.25) is 0 Å². The second kappa shape index (κ2) is 8.65. The lowest BCUT2D eigenvalue weighted by molar-refractivity contribution is 0.0561. The van der Waals surface area contributed by atoms with Crippen LogP contribution in [0.4, 0.5) is 24.1 Å². The van der Waals surface area contributed by atoms with Crippen LogP contribution in [0, 0.1) is 11.6 Å². The summed E-state index contributed by atoms with van der Waals surface area (Å²) in [5.41, 5.74) is -0.0691. The molecule has 1 spiro atoms. The highest BCUT2D eigenvalue weighted by Crippen LogP contribution is 2.49. The molecule has 2 aromatic carbocycles. The summed E-state index contributed by atoms with van der Waals surface area (Å²) in [6.45, 7) is 6.24. The molecule has 2 amide bonds. The molecule has 0 atom stereocenters. The molecule has 1 fully saturated rings. The lowest BCUT2D eigenvalue weighted by atomic mass is 9.74. The van der Waals surface area contributed by atoms with Gasteiger partial charge in [0.1, 0.15) is 23.8 Å². The molecule has 0 aromatic heterocycles. The molecule has 0 aliphatic carbocycles. The Morgan fingerprint density at radius 1 is 1.03 bits per heavy atom. The number of carbonyl (C=O) groups is 2. The number of piperidine rings is 1. The third-order valence-corrected chi connectivity index (χ3v) is 6.11. The highest BCUT2D eigenvalue weighted by molar-refractivity contribution is 5.92. The Morgan fingerprint density at radius 2 is 1.70 bits per heavy atom. The van der Waals surface area contributed by atoms with E-state index in [1.165, 1.54) is 11.0 Å². The number of benzene rings is 2. The Morgan fingerprint density at radius 3 is 2.33 bits per heavy atom. The van der Waals surface area contributed by atoms with Crippen molar-refractivity contribution in [2.75, 3.05) is 24.5 Å². The van der Waals surface area contributed by atoms with Gasteiger partial charge in [0, 0.05) is 36.7 Å². The molecule has 2 aromatic rings. The Kier molecular flexibility index (Phi) is 6.03. The summed E-state index contributed by atoms with van der Waals surface area (Å²) in [5.74, 6) is -1.44. The van der Waals surface area contributed by atoms with Crippen LogP contribution in [0.15, 0.2) is 42.5 Å². The predicted octanol–water partition coefficient (Wildman–Crippen LogP) is 5.39. The van der Waals surface area contributed by atoms with Crippen LogP contribution >= 0.6 is 0 Å². The van der Waals surface area contributed by atoms with E-state index in [2.05, 4.69) is 0 Å². The number of rotatable bonds is 2. The Labute approximate surface area is 192 Å². The van der Waals surface area contributed by atoms with Gasteiger partial charge in [-0.05, 0) is 45.2 Å². The van der Waals surface area contributed by atoms with E-state index in [1.807, 2.05) is 30.3 Å². The number of hydrogen-bond donors (Lipinski definition) is 0. The first kappa shape index (κ1) is 23.0. The standard InChI is InChI=1S/C25H28F2N2O4/c1-24(2,3)33-23(31)29-16-25(21-19(27)13-18(26)14-20(21)29)9-11-28(12-10-25)22(30)32-15-17-7-5-4-6-8-17/h4-8,13-14H,9-12,15-16H2,1-3H3. The van der Waals surface area contributed by atoms with Crippen LogP contribution in [0.2, 0.25) is 0 Å².